The molecule has 2 aliphatic heterocycles. The predicted molar refractivity (Wildman–Crippen MR) is 87.7 cm³/mol. The van der Waals surface area contributed by atoms with Gasteiger partial charge in [0.1, 0.15) is 5.82 Å². The van der Waals surface area contributed by atoms with Gasteiger partial charge in [0.25, 0.3) is 0 Å². The molecule has 0 spiro atoms. The molecule has 1 aromatic rings. The molecule has 0 aromatic heterocycles. The second kappa shape index (κ2) is 6.50. The summed E-state index contributed by atoms with van der Waals surface area (Å²) in [6.45, 7) is -0.602. The summed E-state index contributed by atoms with van der Waals surface area (Å²) in [7, 11) is 1.51. The molecule has 0 aliphatic carbocycles. The van der Waals surface area contributed by atoms with E-state index in [-0.39, 0.29) is 30.3 Å². The first-order valence-electron chi connectivity index (χ1n) is 8.06. The number of likely N-dealkylation sites (tertiary alicyclic amines) is 2. The smallest absolute Gasteiger partial charge is 0.343 e. The summed E-state index contributed by atoms with van der Waals surface area (Å²) in [5.74, 6) is -3.93. The van der Waals surface area contributed by atoms with Crippen LogP contribution < -0.4 is 0 Å². The quantitative estimate of drug-likeness (QED) is 0.862. The number of alkyl halides is 1. The van der Waals surface area contributed by atoms with Crippen LogP contribution in [0.25, 0.3) is 0 Å². The summed E-state index contributed by atoms with van der Waals surface area (Å²) >= 11 is 5.69. The summed E-state index contributed by atoms with van der Waals surface area (Å²) in [4.78, 5) is 38.5. The molecule has 2 fully saturated rings. The minimum atomic E-state index is -2.48. The summed E-state index contributed by atoms with van der Waals surface area (Å²) in [5, 5.41) is 8.90. The molecule has 2 aliphatic rings. The monoisotopic (exact) mass is 386 g/mol. The average Bonchev–Trinajstić information content (AvgIpc) is 3.12. The van der Waals surface area contributed by atoms with Crippen LogP contribution in [0.15, 0.2) is 18.2 Å². The number of aliphatic carboxylic acids is 1. The van der Waals surface area contributed by atoms with E-state index in [1.807, 2.05) is 0 Å². The highest BCUT2D eigenvalue weighted by Crippen LogP contribution is 2.40. The molecule has 140 valence electrons. The number of hydrogen-bond acceptors (Lipinski definition) is 3. The second-order valence-electron chi connectivity index (χ2n) is 6.71. The number of carboxylic acids is 1. The number of benzene rings is 1. The maximum Gasteiger partial charge on any atom is 0.343 e. The Morgan fingerprint density at radius 1 is 1.38 bits per heavy atom. The van der Waals surface area contributed by atoms with Crippen LogP contribution in [-0.4, -0.2) is 58.5 Å². The third kappa shape index (κ3) is 3.02. The Hall–Kier alpha value is -2.22. The molecule has 9 heteroatoms. The van der Waals surface area contributed by atoms with Gasteiger partial charge in [-0.15, -0.1) is 0 Å². The molecule has 6 nitrogen and oxygen atoms in total. The lowest BCUT2D eigenvalue weighted by Crippen LogP contribution is -2.42. The Labute approximate surface area is 153 Å². The van der Waals surface area contributed by atoms with Crippen LogP contribution in [0.3, 0.4) is 0 Å². The van der Waals surface area contributed by atoms with Crippen LogP contribution in [-0.2, 0) is 14.4 Å². The first kappa shape index (κ1) is 18.6. The third-order valence-corrected chi connectivity index (χ3v) is 5.41. The van der Waals surface area contributed by atoms with E-state index in [1.165, 1.54) is 30.1 Å². The van der Waals surface area contributed by atoms with Crippen LogP contribution in [0, 0.1) is 11.7 Å². The summed E-state index contributed by atoms with van der Waals surface area (Å²) in [5.41, 5.74) is -2.07. The van der Waals surface area contributed by atoms with E-state index < -0.39 is 41.9 Å². The van der Waals surface area contributed by atoms with E-state index >= 15 is 0 Å². The van der Waals surface area contributed by atoms with Crippen molar-refractivity contribution in [2.45, 2.75) is 24.6 Å². The Morgan fingerprint density at radius 2 is 2.08 bits per heavy atom. The fraction of sp³-hybridized carbons (Fsp3) is 0.471. The van der Waals surface area contributed by atoms with Crippen molar-refractivity contribution in [2.75, 3.05) is 20.1 Å². The van der Waals surface area contributed by atoms with E-state index in [2.05, 4.69) is 0 Å². The van der Waals surface area contributed by atoms with Gasteiger partial charge in [0.15, 0.2) is 0 Å². The summed E-state index contributed by atoms with van der Waals surface area (Å²) in [6.07, 6.45) is -0.405. The minimum Gasteiger partial charge on any atom is -0.479 e. The highest BCUT2D eigenvalue weighted by Gasteiger charge is 2.51. The SMILES string of the molecule is CN1C(=O)CC(C(=O)N2CCC(F)(C(=O)O)C2)C1c1ccc(Cl)c(F)c1. The molecule has 2 heterocycles. The molecule has 1 N–H and O–H groups in total. The van der Waals surface area contributed by atoms with Crippen LogP contribution >= 0.6 is 11.6 Å². The van der Waals surface area contributed by atoms with Crippen molar-refractivity contribution >= 4 is 29.4 Å². The Morgan fingerprint density at radius 3 is 2.65 bits per heavy atom. The lowest BCUT2D eigenvalue weighted by Gasteiger charge is -2.28. The number of rotatable bonds is 3. The standard InChI is InChI=1S/C17H17ClF2N2O4/c1-21-13(23)7-10(14(21)9-2-3-11(18)12(19)6-9)15(24)22-5-4-17(20,8-22)16(25)26/h2-3,6,10,14H,4-5,7-8H2,1H3,(H,25,26). The number of carbonyl (C=O) groups is 3. The van der Waals surface area contributed by atoms with Gasteiger partial charge in [-0.1, -0.05) is 17.7 Å². The lowest BCUT2D eigenvalue weighted by atomic mass is 9.92. The molecule has 2 saturated heterocycles. The predicted octanol–water partition coefficient (Wildman–Crippen LogP) is 2.02. The van der Waals surface area contributed by atoms with Gasteiger partial charge in [-0.05, 0) is 17.7 Å². The van der Waals surface area contributed by atoms with Gasteiger partial charge in [-0.3, -0.25) is 9.59 Å². The van der Waals surface area contributed by atoms with E-state index in [4.69, 9.17) is 16.7 Å². The fourth-order valence-corrected chi connectivity index (χ4v) is 3.73. The highest BCUT2D eigenvalue weighted by atomic mass is 35.5. The molecular weight excluding hydrogens is 370 g/mol. The highest BCUT2D eigenvalue weighted by molar-refractivity contribution is 6.30. The lowest BCUT2D eigenvalue weighted by molar-refractivity contribution is -0.150. The first-order valence-corrected chi connectivity index (χ1v) is 8.43. The third-order valence-electron chi connectivity index (χ3n) is 5.10. The largest absolute Gasteiger partial charge is 0.479 e. The number of carbonyl (C=O) groups excluding carboxylic acids is 2. The zero-order valence-corrected chi connectivity index (χ0v) is 14.7. The van der Waals surface area contributed by atoms with Gasteiger partial charge in [-0.25, -0.2) is 13.6 Å². The number of nitrogens with zero attached hydrogens (tertiary/aromatic N) is 2. The molecule has 3 atom stereocenters. The molecule has 3 rings (SSSR count). The zero-order chi connectivity index (χ0) is 19.2. The number of amides is 2. The van der Waals surface area contributed by atoms with Crippen molar-refractivity contribution in [2.24, 2.45) is 5.92 Å². The van der Waals surface area contributed by atoms with Crippen molar-refractivity contribution < 1.29 is 28.3 Å². The maximum absolute atomic E-state index is 14.3. The normalized spacial score (nSPS) is 28.7. The Kier molecular flexibility index (Phi) is 4.64. The van der Waals surface area contributed by atoms with E-state index in [9.17, 15) is 23.2 Å². The summed E-state index contributed by atoms with van der Waals surface area (Å²) in [6, 6.07) is 3.33. The van der Waals surface area contributed by atoms with Crippen molar-refractivity contribution in [1.82, 2.24) is 9.80 Å². The molecular formula is C17H17ClF2N2O4. The van der Waals surface area contributed by atoms with Gasteiger partial charge in [0, 0.05) is 26.4 Å². The number of carboxylic acid groups (broad SMARTS) is 1. The molecule has 26 heavy (non-hydrogen) atoms. The minimum absolute atomic E-state index is 0.0439. The molecule has 0 radical (unpaired) electrons. The topological polar surface area (TPSA) is 77.9 Å². The van der Waals surface area contributed by atoms with Gasteiger partial charge >= 0.3 is 5.97 Å². The molecule has 0 saturated carbocycles. The fourth-order valence-electron chi connectivity index (χ4n) is 3.61. The van der Waals surface area contributed by atoms with E-state index in [1.54, 1.807) is 0 Å². The molecule has 0 bridgehead atoms. The van der Waals surface area contributed by atoms with Gasteiger partial charge in [0.2, 0.25) is 17.5 Å². The number of halogens is 3. The van der Waals surface area contributed by atoms with E-state index in [0.717, 1.165) is 4.90 Å². The van der Waals surface area contributed by atoms with Crippen molar-refractivity contribution in [3.8, 4) is 0 Å². The second-order valence-corrected chi connectivity index (χ2v) is 7.12. The van der Waals surface area contributed by atoms with Crippen molar-refractivity contribution in [3.63, 3.8) is 0 Å². The average molecular weight is 387 g/mol. The Bertz CT molecular complexity index is 790. The van der Waals surface area contributed by atoms with Gasteiger partial charge in [0.05, 0.1) is 23.5 Å². The molecule has 3 unspecified atom stereocenters. The van der Waals surface area contributed by atoms with Crippen LogP contribution in [0.5, 0.6) is 0 Å². The van der Waals surface area contributed by atoms with E-state index in [0.29, 0.717) is 5.56 Å². The summed E-state index contributed by atoms with van der Waals surface area (Å²) < 4.78 is 28.1. The zero-order valence-electron chi connectivity index (χ0n) is 13.9. The first-order chi connectivity index (χ1) is 12.1. The maximum atomic E-state index is 14.3. The van der Waals surface area contributed by atoms with Gasteiger partial charge in [-0.2, -0.15) is 0 Å². The van der Waals surface area contributed by atoms with Crippen molar-refractivity contribution in [3.05, 3.63) is 34.6 Å². The van der Waals surface area contributed by atoms with Crippen molar-refractivity contribution in [1.29, 1.82) is 0 Å². The van der Waals surface area contributed by atoms with Crippen LogP contribution in [0.4, 0.5) is 8.78 Å². The van der Waals surface area contributed by atoms with Crippen LogP contribution in [0.2, 0.25) is 5.02 Å². The molecule has 2 amide bonds. The number of hydrogen-bond donors (Lipinski definition) is 1. The van der Waals surface area contributed by atoms with Gasteiger partial charge < -0.3 is 14.9 Å². The Balaban J connectivity index is 1.87. The molecule has 1 aromatic carbocycles. The van der Waals surface area contributed by atoms with Crippen LogP contribution in [0.1, 0.15) is 24.4 Å².